The van der Waals surface area contributed by atoms with E-state index in [4.69, 9.17) is 0 Å². The van der Waals surface area contributed by atoms with E-state index in [2.05, 4.69) is 15.9 Å². The Bertz CT molecular complexity index is 562. The molecule has 0 spiro atoms. The quantitative estimate of drug-likeness (QED) is 0.709. The first-order valence-electron chi connectivity index (χ1n) is 4.04. The average Bonchev–Trinajstić information content (AvgIpc) is 2.12. The largest absolute Gasteiger partial charge is 0.318 e. The van der Waals surface area contributed by atoms with E-state index in [1.54, 1.807) is 25.4 Å². The van der Waals surface area contributed by atoms with E-state index in [9.17, 15) is 9.18 Å². The minimum Gasteiger partial charge on any atom is -0.318 e. The molecule has 4 heteroatoms. The van der Waals surface area contributed by atoms with Crippen LogP contribution in [0.4, 0.5) is 4.39 Å². The third kappa shape index (κ3) is 1.35. The van der Waals surface area contributed by atoms with Crippen LogP contribution in [0.25, 0.3) is 10.8 Å². The van der Waals surface area contributed by atoms with Gasteiger partial charge in [-0.15, -0.1) is 0 Å². The lowest BCUT2D eigenvalue weighted by Gasteiger charge is -2.02. The van der Waals surface area contributed by atoms with Crippen molar-refractivity contribution in [2.24, 2.45) is 7.05 Å². The minimum atomic E-state index is -0.382. The van der Waals surface area contributed by atoms with E-state index in [1.165, 1.54) is 10.6 Å². The third-order valence-electron chi connectivity index (χ3n) is 2.11. The first-order chi connectivity index (χ1) is 6.59. The molecular weight excluding hydrogens is 249 g/mol. The second kappa shape index (κ2) is 3.20. The van der Waals surface area contributed by atoms with Gasteiger partial charge in [0.25, 0.3) is 5.56 Å². The van der Waals surface area contributed by atoms with Gasteiger partial charge < -0.3 is 4.57 Å². The monoisotopic (exact) mass is 255 g/mol. The first kappa shape index (κ1) is 9.40. The van der Waals surface area contributed by atoms with Crippen LogP contribution in [0.5, 0.6) is 0 Å². The molecule has 14 heavy (non-hydrogen) atoms. The second-order valence-corrected chi connectivity index (χ2v) is 4.00. The number of hydrogen-bond acceptors (Lipinski definition) is 1. The molecule has 0 aliphatic rings. The van der Waals surface area contributed by atoms with E-state index in [1.807, 2.05) is 0 Å². The SMILES string of the molecule is Cn1ccc2c(F)cc(Br)cc2c1=O. The lowest BCUT2D eigenvalue weighted by molar-refractivity contribution is 0.638. The molecule has 72 valence electrons. The van der Waals surface area contributed by atoms with Crippen LogP contribution in [0.3, 0.4) is 0 Å². The molecule has 0 saturated heterocycles. The van der Waals surface area contributed by atoms with Gasteiger partial charge in [0.1, 0.15) is 5.82 Å². The zero-order valence-electron chi connectivity index (χ0n) is 7.42. The third-order valence-corrected chi connectivity index (χ3v) is 2.57. The van der Waals surface area contributed by atoms with Gasteiger partial charge in [-0.3, -0.25) is 4.79 Å². The lowest BCUT2D eigenvalue weighted by Crippen LogP contribution is -2.15. The smallest absolute Gasteiger partial charge is 0.258 e. The Kier molecular flexibility index (Phi) is 2.15. The number of halogens is 2. The van der Waals surface area contributed by atoms with Gasteiger partial charge in [-0.25, -0.2) is 4.39 Å². The number of aryl methyl sites for hydroxylation is 1. The summed E-state index contributed by atoms with van der Waals surface area (Å²) in [6.45, 7) is 0. The van der Waals surface area contributed by atoms with Gasteiger partial charge in [-0.2, -0.15) is 0 Å². The standard InChI is InChI=1S/C10H7BrFNO/c1-13-3-2-7-8(10(13)14)4-6(11)5-9(7)12/h2-5H,1H3. The van der Waals surface area contributed by atoms with Crippen LogP contribution in [-0.4, -0.2) is 4.57 Å². The van der Waals surface area contributed by atoms with Crippen molar-refractivity contribution in [2.75, 3.05) is 0 Å². The van der Waals surface area contributed by atoms with Crippen molar-refractivity contribution in [3.8, 4) is 0 Å². The number of benzene rings is 1. The van der Waals surface area contributed by atoms with Crippen LogP contribution in [0, 0.1) is 5.82 Å². The van der Waals surface area contributed by atoms with Crippen LogP contribution in [-0.2, 0) is 7.05 Å². The summed E-state index contributed by atoms with van der Waals surface area (Å²) in [5.74, 6) is -0.382. The van der Waals surface area contributed by atoms with Gasteiger partial charge in [-0.05, 0) is 18.2 Å². The topological polar surface area (TPSA) is 22.0 Å². The molecule has 1 heterocycles. The molecule has 0 N–H and O–H groups in total. The number of fused-ring (bicyclic) bond motifs is 1. The van der Waals surface area contributed by atoms with Crippen molar-refractivity contribution in [1.29, 1.82) is 0 Å². The summed E-state index contributed by atoms with van der Waals surface area (Å²) in [6, 6.07) is 4.57. The number of nitrogens with zero attached hydrogens (tertiary/aromatic N) is 1. The maximum Gasteiger partial charge on any atom is 0.258 e. The Morgan fingerprint density at radius 2 is 2.07 bits per heavy atom. The van der Waals surface area contributed by atoms with Crippen LogP contribution in [0.2, 0.25) is 0 Å². The summed E-state index contributed by atoms with van der Waals surface area (Å²) in [7, 11) is 1.64. The van der Waals surface area contributed by atoms with E-state index >= 15 is 0 Å². The Morgan fingerprint density at radius 1 is 1.36 bits per heavy atom. The highest BCUT2D eigenvalue weighted by Crippen LogP contribution is 2.20. The Balaban J connectivity index is 3.03. The fraction of sp³-hybridized carbons (Fsp3) is 0.100. The molecule has 2 aromatic rings. The van der Waals surface area contributed by atoms with Crippen molar-refractivity contribution >= 4 is 26.7 Å². The van der Waals surface area contributed by atoms with Crippen LogP contribution < -0.4 is 5.56 Å². The fourth-order valence-corrected chi connectivity index (χ4v) is 1.81. The van der Waals surface area contributed by atoms with Gasteiger partial charge in [0.15, 0.2) is 0 Å². The molecular formula is C10H7BrFNO. The predicted molar refractivity (Wildman–Crippen MR) is 56.8 cm³/mol. The summed E-state index contributed by atoms with van der Waals surface area (Å²) >= 11 is 3.15. The zero-order chi connectivity index (χ0) is 10.3. The zero-order valence-corrected chi connectivity index (χ0v) is 9.01. The number of rotatable bonds is 0. The summed E-state index contributed by atoms with van der Waals surface area (Å²) in [4.78, 5) is 11.6. The first-order valence-corrected chi connectivity index (χ1v) is 4.83. The average molecular weight is 256 g/mol. The molecule has 0 saturated carbocycles. The highest BCUT2D eigenvalue weighted by molar-refractivity contribution is 9.10. The maximum atomic E-state index is 13.4. The molecule has 0 atom stereocenters. The maximum absolute atomic E-state index is 13.4. The van der Waals surface area contributed by atoms with Gasteiger partial charge >= 0.3 is 0 Å². The molecule has 0 radical (unpaired) electrons. The second-order valence-electron chi connectivity index (χ2n) is 3.08. The normalized spacial score (nSPS) is 10.8. The number of pyridine rings is 1. The van der Waals surface area contributed by atoms with Crippen LogP contribution in [0.1, 0.15) is 0 Å². The molecule has 2 nitrogen and oxygen atoms in total. The molecule has 0 fully saturated rings. The van der Waals surface area contributed by atoms with Gasteiger partial charge in [0.05, 0.1) is 5.39 Å². The molecule has 2 rings (SSSR count). The molecule has 0 bridgehead atoms. The molecule has 1 aromatic heterocycles. The summed E-state index contributed by atoms with van der Waals surface area (Å²) in [6.07, 6.45) is 1.56. The molecule has 0 unspecified atom stereocenters. The Hall–Kier alpha value is -1.16. The van der Waals surface area contributed by atoms with E-state index in [0.29, 0.717) is 15.2 Å². The Morgan fingerprint density at radius 3 is 2.79 bits per heavy atom. The van der Waals surface area contributed by atoms with Gasteiger partial charge in [0, 0.05) is 23.1 Å². The van der Waals surface area contributed by atoms with Crippen molar-refractivity contribution in [3.05, 3.63) is 45.0 Å². The highest BCUT2D eigenvalue weighted by Gasteiger charge is 2.06. The van der Waals surface area contributed by atoms with E-state index in [0.717, 1.165) is 0 Å². The number of aromatic nitrogens is 1. The van der Waals surface area contributed by atoms with Crippen molar-refractivity contribution in [2.45, 2.75) is 0 Å². The summed E-state index contributed by atoms with van der Waals surface area (Å²) < 4.78 is 15.4. The molecule has 0 aliphatic carbocycles. The van der Waals surface area contributed by atoms with Gasteiger partial charge in [-0.1, -0.05) is 15.9 Å². The highest BCUT2D eigenvalue weighted by atomic mass is 79.9. The van der Waals surface area contributed by atoms with E-state index < -0.39 is 0 Å². The van der Waals surface area contributed by atoms with Crippen molar-refractivity contribution in [3.63, 3.8) is 0 Å². The van der Waals surface area contributed by atoms with Gasteiger partial charge in [0.2, 0.25) is 0 Å². The van der Waals surface area contributed by atoms with E-state index in [-0.39, 0.29) is 11.4 Å². The summed E-state index contributed by atoms with van der Waals surface area (Å²) in [5.41, 5.74) is -0.192. The number of hydrogen-bond donors (Lipinski definition) is 0. The lowest BCUT2D eigenvalue weighted by atomic mass is 10.1. The van der Waals surface area contributed by atoms with Crippen molar-refractivity contribution < 1.29 is 4.39 Å². The fourth-order valence-electron chi connectivity index (χ4n) is 1.38. The van der Waals surface area contributed by atoms with Crippen LogP contribution >= 0.6 is 15.9 Å². The summed E-state index contributed by atoms with van der Waals surface area (Å²) in [5, 5.41) is 0.748. The predicted octanol–water partition coefficient (Wildman–Crippen LogP) is 2.44. The van der Waals surface area contributed by atoms with Crippen LogP contribution in [0.15, 0.2) is 33.7 Å². The minimum absolute atomic E-state index is 0.192. The molecule has 0 amide bonds. The molecule has 1 aromatic carbocycles. The molecule has 0 aliphatic heterocycles. The van der Waals surface area contributed by atoms with Crippen molar-refractivity contribution in [1.82, 2.24) is 4.57 Å². The Labute approximate surface area is 88.1 Å².